The van der Waals surface area contributed by atoms with E-state index in [0.717, 1.165) is 23.7 Å². The van der Waals surface area contributed by atoms with Gasteiger partial charge in [0.25, 0.3) is 0 Å². The highest BCUT2D eigenvalue weighted by molar-refractivity contribution is 9.10. The summed E-state index contributed by atoms with van der Waals surface area (Å²) in [6.45, 7) is 1.02. The van der Waals surface area contributed by atoms with Crippen LogP contribution in [0.5, 0.6) is 0 Å². The molecule has 2 aromatic heterocycles. The number of nitrogens with zero attached hydrogens (tertiary/aromatic N) is 4. The van der Waals surface area contributed by atoms with Gasteiger partial charge in [0, 0.05) is 19.3 Å². The maximum absolute atomic E-state index is 11.1. The predicted octanol–water partition coefficient (Wildman–Crippen LogP) is 3.16. The molecular weight excluding hydrogens is 348 g/mol. The molecule has 106 valence electrons. The summed E-state index contributed by atoms with van der Waals surface area (Å²) in [4.78, 5) is 16.6. The van der Waals surface area contributed by atoms with Gasteiger partial charge < -0.3 is 10.0 Å². The van der Waals surface area contributed by atoms with Crippen molar-refractivity contribution in [3.05, 3.63) is 22.0 Å². The molecule has 1 saturated heterocycles. The van der Waals surface area contributed by atoms with Crippen LogP contribution in [0.15, 0.2) is 16.9 Å². The number of likely N-dealkylation sites (tertiary alicyclic amines) is 1. The smallest absolute Gasteiger partial charge is 0.407 e. The molecule has 1 aliphatic rings. The van der Waals surface area contributed by atoms with Crippen LogP contribution in [0.2, 0.25) is 5.15 Å². The minimum absolute atomic E-state index is 0.0205. The van der Waals surface area contributed by atoms with Gasteiger partial charge in [0.15, 0.2) is 0 Å². The number of aromatic nitrogens is 3. The van der Waals surface area contributed by atoms with E-state index in [9.17, 15) is 4.79 Å². The van der Waals surface area contributed by atoms with Crippen LogP contribution in [0, 0.1) is 0 Å². The van der Waals surface area contributed by atoms with Crippen LogP contribution in [0.1, 0.15) is 18.9 Å². The first kappa shape index (κ1) is 13.6. The van der Waals surface area contributed by atoms with Gasteiger partial charge in [-0.1, -0.05) is 11.6 Å². The van der Waals surface area contributed by atoms with E-state index < -0.39 is 6.09 Å². The lowest BCUT2D eigenvalue weighted by atomic mass is 10.1. The first-order valence-corrected chi connectivity index (χ1v) is 7.41. The molecule has 3 rings (SSSR count). The number of carboxylic acid groups (broad SMARTS) is 1. The van der Waals surface area contributed by atoms with Crippen molar-refractivity contribution in [2.24, 2.45) is 0 Å². The largest absolute Gasteiger partial charge is 0.465 e. The van der Waals surface area contributed by atoms with Crippen molar-refractivity contribution in [2.75, 3.05) is 13.1 Å². The maximum Gasteiger partial charge on any atom is 0.407 e. The highest BCUT2D eigenvalue weighted by atomic mass is 79.9. The average molecular weight is 360 g/mol. The van der Waals surface area contributed by atoms with Crippen LogP contribution in [0.4, 0.5) is 4.79 Å². The highest BCUT2D eigenvalue weighted by Crippen LogP contribution is 2.32. The Morgan fingerprint density at radius 2 is 2.35 bits per heavy atom. The fourth-order valence-electron chi connectivity index (χ4n) is 2.61. The first-order valence-electron chi connectivity index (χ1n) is 6.24. The topological polar surface area (TPSA) is 71.2 Å². The van der Waals surface area contributed by atoms with E-state index in [1.165, 1.54) is 4.90 Å². The standard InChI is InChI=1S/C12H12BrClN4O2/c13-10-9-8(3-4-15-11(9)14)18(16-10)7-2-1-5-17(6-7)12(19)20/h3-4,7H,1-2,5-6H2,(H,19,20)/t7-/m1/s1. The molecule has 2 aromatic rings. The number of carbonyl (C=O) groups is 1. The number of fused-ring (bicyclic) bond motifs is 1. The van der Waals surface area contributed by atoms with E-state index in [1.807, 2.05) is 10.7 Å². The number of hydrogen-bond acceptors (Lipinski definition) is 3. The predicted molar refractivity (Wildman–Crippen MR) is 78.1 cm³/mol. The van der Waals surface area contributed by atoms with Crippen LogP contribution in [0.25, 0.3) is 10.9 Å². The summed E-state index contributed by atoms with van der Waals surface area (Å²) in [6, 6.07) is 1.87. The minimum Gasteiger partial charge on any atom is -0.465 e. The van der Waals surface area contributed by atoms with Gasteiger partial charge in [0.05, 0.1) is 16.9 Å². The second-order valence-electron chi connectivity index (χ2n) is 4.76. The first-order chi connectivity index (χ1) is 9.58. The van der Waals surface area contributed by atoms with Crippen molar-refractivity contribution in [1.29, 1.82) is 0 Å². The number of amides is 1. The molecule has 0 radical (unpaired) electrons. The molecule has 0 spiro atoms. The molecule has 1 amide bonds. The SMILES string of the molecule is O=C(O)N1CCC[C@@H](n2nc(Br)c3c(Cl)nccc32)C1. The Labute approximate surface area is 128 Å². The zero-order valence-corrected chi connectivity index (χ0v) is 12.8. The van der Waals surface area contributed by atoms with Crippen molar-refractivity contribution in [3.63, 3.8) is 0 Å². The Morgan fingerprint density at radius 1 is 1.55 bits per heavy atom. The molecule has 20 heavy (non-hydrogen) atoms. The lowest BCUT2D eigenvalue weighted by Gasteiger charge is -2.31. The molecule has 1 N–H and O–H groups in total. The maximum atomic E-state index is 11.1. The van der Waals surface area contributed by atoms with E-state index in [4.69, 9.17) is 16.7 Å². The summed E-state index contributed by atoms with van der Waals surface area (Å²) in [5.74, 6) is 0. The van der Waals surface area contributed by atoms with Gasteiger partial charge in [-0.25, -0.2) is 9.78 Å². The minimum atomic E-state index is -0.884. The summed E-state index contributed by atoms with van der Waals surface area (Å²) in [7, 11) is 0. The lowest BCUT2D eigenvalue weighted by molar-refractivity contribution is 0.120. The average Bonchev–Trinajstić information content (AvgIpc) is 2.78. The summed E-state index contributed by atoms with van der Waals surface area (Å²) in [5.41, 5.74) is 0.870. The molecule has 0 aromatic carbocycles. The fourth-order valence-corrected chi connectivity index (χ4v) is 3.53. The second kappa shape index (κ2) is 5.21. The third-order valence-electron chi connectivity index (χ3n) is 3.54. The molecule has 1 atom stereocenters. The second-order valence-corrected chi connectivity index (χ2v) is 5.87. The third kappa shape index (κ3) is 2.25. The molecule has 1 aliphatic heterocycles. The number of rotatable bonds is 1. The molecule has 0 aliphatic carbocycles. The van der Waals surface area contributed by atoms with Crippen molar-refractivity contribution in [2.45, 2.75) is 18.9 Å². The fraction of sp³-hybridized carbons (Fsp3) is 0.417. The molecule has 3 heterocycles. The van der Waals surface area contributed by atoms with Crippen LogP contribution in [-0.2, 0) is 0 Å². The van der Waals surface area contributed by atoms with Crippen molar-refractivity contribution < 1.29 is 9.90 Å². The summed E-state index contributed by atoms with van der Waals surface area (Å²) in [5, 5.41) is 14.7. The van der Waals surface area contributed by atoms with Gasteiger partial charge in [0.2, 0.25) is 0 Å². The molecule has 6 nitrogen and oxygen atoms in total. The molecular formula is C12H12BrClN4O2. The van der Waals surface area contributed by atoms with Gasteiger partial charge in [-0.3, -0.25) is 4.68 Å². The monoisotopic (exact) mass is 358 g/mol. The Balaban J connectivity index is 2.02. The van der Waals surface area contributed by atoms with Crippen molar-refractivity contribution in [3.8, 4) is 0 Å². The number of halogens is 2. The summed E-state index contributed by atoms with van der Waals surface area (Å²) < 4.78 is 2.49. The molecule has 0 bridgehead atoms. The summed E-state index contributed by atoms with van der Waals surface area (Å²) in [6.07, 6.45) is 2.47. The van der Waals surface area contributed by atoms with Crippen molar-refractivity contribution >= 4 is 44.5 Å². The van der Waals surface area contributed by atoms with Gasteiger partial charge >= 0.3 is 6.09 Å². The molecule has 0 saturated carbocycles. The lowest BCUT2D eigenvalue weighted by Crippen LogP contribution is -2.40. The molecule has 0 unspecified atom stereocenters. The normalized spacial score (nSPS) is 19.5. The van der Waals surface area contributed by atoms with Gasteiger partial charge in [-0.2, -0.15) is 5.10 Å². The van der Waals surface area contributed by atoms with Crippen molar-refractivity contribution in [1.82, 2.24) is 19.7 Å². The van der Waals surface area contributed by atoms with E-state index >= 15 is 0 Å². The van der Waals surface area contributed by atoms with Crippen LogP contribution in [0.3, 0.4) is 0 Å². The zero-order chi connectivity index (χ0) is 14.3. The van der Waals surface area contributed by atoms with Gasteiger partial charge in [0.1, 0.15) is 9.76 Å². The summed E-state index contributed by atoms with van der Waals surface area (Å²) >= 11 is 9.49. The Bertz CT molecular complexity index is 675. The Morgan fingerprint density at radius 3 is 3.10 bits per heavy atom. The van der Waals surface area contributed by atoms with E-state index in [-0.39, 0.29) is 6.04 Å². The third-order valence-corrected chi connectivity index (χ3v) is 4.39. The Kier molecular flexibility index (Phi) is 3.55. The van der Waals surface area contributed by atoms with E-state index in [2.05, 4.69) is 26.0 Å². The Hall–Kier alpha value is -1.34. The molecule has 1 fully saturated rings. The number of pyridine rings is 1. The number of piperidine rings is 1. The quantitative estimate of drug-likeness (QED) is 0.794. The zero-order valence-electron chi connectivity index (χ0n) is 10.5. The highest BCUT2D eigenvalue weighted by Gasteiger charge is 2.27. The van der Waals surface area contributed by atoms with E-state index in [1.54, 1.807) is 6.20 Å². The van der Waals surface area contributed by atoms with Crippen LogP contribution >= 0.6 is 27.5 Å². The van der Waals surface area contributed by atoms with Crippen LogP contribution < -0.4 is 0 Å². The van der Waals surface area contributed by atoms with Gasteiger partial charge in [-0.05, 0) is 34.8 Å². The number of hydrogen-bond donors (Lipinski definition) is 1. The van der Waals surface area contributed by atoms with E-state index in [0.29, 0.717) is 22.8 Å². The van der Waals surface area contributed by atoms with Gasteiger partial charge in [-0.15, -0.1) is 0 Å². The molecule has 8 heteroatoms. The van der Waals surface area contributed by atoms with Crippen LogP contribution in [-0.4, -0.2) is 44.0 Å².